The van der Waals surface area contributed by atoms with Crippen molar-refractivity contribution in [3.05, 3.63) is 42.1 Å². The van der Waals surface area contributed by atoms with Crippen molar-refractivity contribution in [3.8, 4) is 0 Å². The summed E-state index contributed by atoms with van der Waals surface area (Å²) < 4.78 is 0. The number of hydrogen-bond donors (Lipinski definition) is 2. The van der Waals surface area contributed by atoms with E-state index >= 15 is 0 Å². The molecule has 1 aliphatic rings. The van der Waals surface area contributed by atoms with Crippen molar-refractivity contribution in [2.24, 2.45) is 5.73 Å². The zero-order chi connectivity index (χ0) is 12.6. The van der Waals surface area contributed by atoms with Crippen LogP contribution in [0.2, 0.25) is 0 Å². The topological polar surface area (TPSA) is 59.1 Å². The van der Waals surface area contributed by atoms with Gasteiger partial charge >= 0.3 is 0 Å². The molecule has 3 nitrogen and oxygen atoms in total. The van der Waals surface area contributed by atoms with Crippen LogP contribution in [-0.2, 0) is 5.60 Å². The fourth-order valence-electron chi connectivity index (χ4n) is 2.91. The Labute approximate surface area is 107 Å². The molecule has 0 spiro atoms. The zero-order valence-corrected chi connectivity index (χ0v) is 10.3. The molecule has 94 valence electrons. The molecule has 2 unspecified atom stereocenters. The van der Waals surface area contributed by atoms with E-state index in [4.69, 9.17) is 5.73 Å². The van der Waals surface area contributed by atoms with Crippen molar-refractivity contribution in [2.45, 2.75) is 37.3 Å². The number of pyridine rings is 1. The molecule has 2 aromatic rings. The smallest absolute Gasteiger partial charge is 0.0912 e. The molecule has 3 N–H and O–H groups in total. The number of nitrogens with zero attached hydrogens (tertiary/aromatic N) is 1. The molecule has 0 aliphatic heterocycles. The van der Waals surface area contributed by atoms with Crippen LogP contribution in [0.15, 0.2) is 36.5 Å². The van der Waals surface area contributed by atoms with E-state index in [0.717, 1.165) is 35.7 Å². The molecule has 18 heavy (non-hydrogen) atoms. The molecule has 0 amide bonds. The molecule has 1 heterocycles. The van der Waals surface area contributed by atoms with E-state index in [-0.39, 0.29) is 6.04 Å². The lowest BCUT2D eigenvalue weighted by Gasteiger charge is -2.35. The van der Waals surface area contributed by atoms with Crippen LogP contribution in [0.25, 0.3) is 10.9 Å². The van der Waals surface area contributed by atoms with Gasteiger partial charge < -0.3 is 10.8 Å². The molecular formula is C15H18N2O. The third-order valence-electron chi connectivity index (χ3n) is 3.91. The molecule has 1 fully saturated rings. The molecule has 2 atom stereocenters. The minimum atomic E-state index is -0.774. The highest BCUT2D eigenvalue weighted by Gasteiger charge is 2.34. The largest absolute Gasteiger partial charge is 0.385 e. The van der Waals surface area contributed by atoms with Crippen LogP contribution in [0.3, 0.4) is 0 Å². The molecule has 1 aromatic carbocycles. The van der Waals surface area contributed by atoms with E-state index in [1.807, 2.05) is 30.3 Å². The van der Waals surface area contributed by atoms with Crippen LogP contribution in [0, 0.1) is 0 Å². The van der Waals surface area contributed by atoms with E-state index in [9.17, 15) is 5.11 Å². The third-order valence-corrected chi connectivity index (χ3v) is 3.91. The van der Waals surface area contributed by atoms with Crippen LogP contribution in [-0.4, -0.2) is 16.1 Å². The van der Waals surface area contributed by atoms with Gasteiger partial charge in [-0.3, -0.25) is 4.98 Å². The number of benzene rings is 1. The monoisotopic (exact) mass is 242 g/mol. The summed E-state index contributed by atoms with van der Waals surface area (Å²) in [4.78, 5) is 4.34. The summed E-state index contributed by atoms with van der Waals surface area (Å²) in [6.07, 6.45) is 5.21. The van der Waals surface area contributed by atoms with E-state index in [1.165, 1.54) is 0 Å². The molecule has 1 saturated carbocycles. The maximum atomic E-state index is 10.8. The minimum absolute atomic E-state index is 0.100. The molecule has 1 aromatic heterocycles. The average Bonchev–Trinajstić information content (AvgIpc) is 2.38. The predicted octanol–water partition coefficient (Wildman–Crippen LogP) is 2.32. The van der Waals surface area contributed by atoms with Crippen molar-refractivity contribution in [3.63, 3.8) is 0 Å². The van der Waals surface area contributed by atoms with E-state index in [1.54, 1.807) is 6.20 Å². The highest BCUT2D eigenvalue weighted by molar-refractivity contribution is 5.79. The Bertz CT molecular complexity index is 569. The highest BCUT2D eigenvalue weighted by atomic mass is 16.3. The second-order valence-corrected chi connectivity index (χ2v) is 5.30. The van der Waals surface area contributed by atoms with Gasteiger partial charge in [-0.15, -0.1) is 0 Å². The van der Waals surface area contributed by atoms with Crippen molar-refractivity contribution >= 4 is 10.9 Å². The standard InChI is InChI=1S/C15H18N2O/c16-13-4-1-7-15(18,10-13)12-6-5-11-3-2-8-17-14(11)9-12/h2-3,5-6,8-9,13,18H,1,4,7,10,16H2. The lowest BCUT2D eigenvalue weighted by molar-refractivity contribution is -0.00706. The normalized spacial score (nSPS) is 28.4. The summed E-state index contributed by atoms with van der Waals surface area (Å²) in [7, 11) is 0. The minimum Gasteiger partial charge on any atom is -0.385 e. The summed E-state index contributed by atoms with van der Waals surface area (Å²) >= 11 is 0. The van der Waals surface area contributed by atoms with Crippen LogP contribution < -0.4 is 5.73 Å². The fourth-order valence-corrected chi connectivity index (χ4v) is 2.91. The van der Waals surface area contributed by atoms with Gasteiger partial charge in [-0.1, -0.05) is 18.2 Å². The van der Waals surface area contributed by atoms with E-state index in [2.05, 4.69) is 4.98 Å². The Morgan fingerprint density at radius 3 is 3.06 bits per heavy atom. The summed E-state index contributed by atoms with van der Waals surface area (Å²) in [5, 5.41) is 11.9. The molecule has 0 saturated heterocycles. The SMILES string of the molecule is NC1CCCC(O)(c2ccc3cccnc3c2)C1. The van der Waals surface area contributed by atoms with Crippen molar-refractivity contribution in [2.75, 3.05) is 0 Å². The zero-order valence-electron chi connectivity index (χ0n) is 10.3. The average molecular weight is 242 g/mol. The van der Waals surface area contributed by atoms with Crippen LogP contribution in [0.4, 0.5) is 0 Å². The number of fused-ring (bicyclic) bond motifs is 1. The quantitative estimate of drug-likeness (QED) is 0.806. The summed E-state index contributed by atoms with van der Waals surface area (Å²) in [6.45, 7) is 0. The van der Waals surface area contributed by atoms with Gasteiger partial charge in [0.2, 0.25) is 0 Å². The fraction of sp³-hybridized carbons (Fsp3) is 0.400. The van der Waals surface area contributed by atoms with Gasteiger partial charge in [0.05, 0.1) is 11.1 Å². The lowest BCUT2D eigenvalue weighted by Crippen LogP contribution is -2.39. The van der Waals surface area contributed by atoms with Crippen molar-refractivity contribution in [1.29, 1.82) is 0 Å². The highest BCUT2D eigenvalue weighted by Crippen LogP contribution is 2.37. The third kappa shape index (κ3) is 2.00. The molecule has 1 aliphatic carbocycles. The Hall–Kier alpha value is -1.45. The maximum absolute atomic E-state index is 10.8. The molecule has 0 radical (unpaired) electrons. The second-order valence-electron chi connectivity index (χ2n) is 5.30. The number of hydrogen-bond acceptors (Lipinski definition) is 3. The first-order valence-corrected chi connectivity index (χ1v) is 6.51. The number of nitrogens with two attached hydrogens (primary N) is 1. The molecular weight excluding hydrogens is 224 g/mol. The van der Waals surface area contributed by atoms with Crippen LogP contribution in [0.5, 0.6) is 0 Å². The molecule has 3 rings (SSSR count). The second kappa shape index (κ2) is 4.34. The van der Waals surface area contributed by atoms with Gasteiger partial charge in [0.15, 0.2) is 0 Å². The first kappa shape index (κ1) is 11.6. The van der Waals surface area contributed by atoms with Crippen LogP contribution >= 0.6 is 0 Å². The van der Waals surface area contributed by atoms with Gasteiger partial charge in [0.1, 0.15) is 0 Å². The van der Waals surface area contributed by atoms with Gasteiger partial charge in [-0.25, -0.2) is 0 Å². The number of aromatic nitrogens is 1. The van der Waals surface area contributed by atoms with Gasteiger partial charge in [-0.05, 0) is 43.4 Å². The van der Waals surface area contributed by atoms with Gasteiger partial charge in [-0.2, -0.15) is 0 Å². The predicted molar refractivity (Wildman–Crippen MR) is 72.1 cm³/mol. The summed E-state index contributed by atoms with van der Waals surface area (Å²) in [6, 6.07) is 10.1. The van der Waals surface area contributed by atoms with Crippen molar-refractivity contribution < 1.29 is 5.11 Å². The van der Waals surface area contributed by atoms with Gasteiger partial charge in [0.25, 0.3) is 0 Å². The summed E-state index contributed by atoms with van der Waals surface area (Å²) in [5.74, 6) is 0. The van der Waals surface area contributed by atoms with E-state index < -0.39 is 5.60 Å². The number of aliphatic hydroxyl groups is 1. The summed E-state index contributed by atoms with van der Waals surface area (Å²) in [5.41, 5.74) is 7.09. The Morgan fingerprint density at radius 2 is 2.22 bits per heavy atom. The van der Waals surface area contributed by atoms with Gasteiger partial charge in [0, 0.05) is 17.6 Å². The van der Waals surface area contributed by atoms with Crippen LogP contribution in [0.1, 0.15) is 31.2 Å². The maximum Gasteiger partial charge on any atom is 0.0912 e. The van der Waals surface area contributed by atoms with Crippen molar-refractivity contribution in [1.82, 2.24) is 4.98 Å². The Balaban J connectivity index is 2.02. The molecule has 0 bridgehead atoms. The van der Waals surface area contributed by atoms with E-state index in [0.29, 0.717) is 6.42 Å². The first-order chi connectivity index (χ1) is 8.67. The molecule has 3 heteroatoms. The Kier molecular flexibility index (Phi) is 2.80. The lowest BCUT2D eigenvalue weighted by atomic mass is 9.77. The first-order valence-electron chi connectivity index (χ1n) is 6.51. The Morgan fingerprint density at radius 1 is 1.33 bits per heavy atom. The number of rotatable bonds is 1.